The van der Waals surface area contributed by atoms with Gasteiger partial charge in [-0.05, 0) is 25.0 Å². The molecule has 116 valence electrons. The maximum Gasteiger partial charge on any atom is 0.292 e. The van der Waals surface area contributed by atoms with Gasteiger partial charge in [0.2, 0.25) is 5.76 Å². The zero-order valence-corrected chi connectivity index (χ0v) is 12.6. The van der Waals surface area contributed by atoms with Crippen LogP contribution in [0.4, 0.5) is 4.39 Å². The Morgan fingerprint density at radius 3 is 2.77 bits per heavy atom. The van der Waals surface area contributed by atoms with Crippen molar-refractivity contribution in [3.63, 3.8) is 0 Å². The molecule has 0 aliphatic heterocycles. The molecule has 1 amide bonds. The molecule has 1 aromatic carbocycles. The molecule has 4 nitrogen and oxygen atoms in total. The maximum atomic E-state index is 13.3. The number of carbonyl (C=O) groups excluding carboxylic acids is 1. The minimum absolute atomic E-state index is 0.165. The molecule has 5 heteroatoms. The quantitative estimate of drug-likeness (QED) is 0.864. The summed E-state index contributed by atoms with van der Waals surface area (Å²) in [6.07, 6.45) is 5.63. The van der Waals surface area contributed by atoms with Gasteiger partial charge in [0.1, 0.15) is 11.5 Å². The van der Waals surface area contributed by atoms with Gasteiger partial charge in [-0.15, -0.1) is 0 Å². The molecule has 1 fully saturated rings. The molecule has 0 radical (unpaired) electrons. The fourth-order valence-corrected chi connectivity index (χ4v) is 2.97. The molecule has 1 aliphatic carbocycles. The van der Waals surface area contributed by atoms with Crippen LogP contribution < -0.4 is 0 Å². The van der Waals surface area contributed by atoms with Gasteiger partial charge in [-0.1, -0.05) is 36.6 Å². The normalized spacial score (nSPS) is 15.7. The first kappa shape index (κ1) is 14.8. The van der Waals surface area contributed by atoms with E-state index < -0.39 is 0 Å². The van der Waals surface area contributed by atoms with E-state index in [0.29, 0.717) is 11.3 Å². The number of carbonyl (C=O) groups is 1. The first-order valence-electron chi connectivity index (χ1n) is 7.65. The lowest BCUT2D eigenvalue weighted by Gasteiger charge is -2.30. The van der Waals surface area contributed by atoms with Gasteiger partial charge in [-0.2, -0.15) is 0 Å². The molecule has 22 heavy (non-hydrogen) atoms. The second-order valence-corrected chi connectivity index (χ2v) is 5.79. The fourth-order valence-electron chi connectivity index (χ4n) is 2.97. The van der Waals surface area contributed by atoms with Crippen molar-refractivity contribution in [3.05, 3.63) is 41.9 Å². The van der Waals surface area contributed by atoms with Gasteiger partial charge in [-0.25, -0.2) is 4.39 Å². The predicted octanol–water partition coefficient (Wildman–Crippen LogP) is 3.89. The summed E-state index contributed by atoms with van der Waals surface area (Å²) in [5.74, 6) is -0.304. The molecule has 0 bridgehead atoms. The first-order chi connectivity index (χ1) is 10.6. The van der Waals surface area contributed by atoms with Crippen LogP contribution in [0.3, 0.4) is 0 Å². The largest absolute Gasteiger partial charge is 0.350 e. The lowest BCUT2D eigenvalue weighted by atomic mass is 9.94. The van der Waals surface area contributed by atoms with E-state index in [0.717, 1.165) is 25.7 Å². The molecule has 1 aliphatic rings. The zero-order valence-electron chi connectivity index (χ0n) is 12.6. The number of rotatable bonds is 3. The molecule has 1 aromatic heterocycles. The average molecular weight is 302 g/mol. The highest BCUT2D eigenvalue weighted by molar-refractivity contribution is 5.92. The second kappa shape index (κ2) is 6.30. The van der Waals surface area contributed by atoms with Crippen LogP contribution in [-0.2, 0) is 0 Å². The number of hydrogen-bond acceptors (Lipinski definition) is 3. The molecular weight excluding hydrogens is 283 g/mol. The molecule has 0 atom stereocenters. The van der Waals surface area contributed by atoms with Crippen LogP contribution in [0.15, 0.2) is 34.9 Å². The lowest BCUT2D eigenvalue weighted by Crippen LogP contribution is -2.38. The summed E-state index contributed by atoms with van der Waals surface area (Å²) in [4.78, 5) is 14.2. The van der Waals surface area contributed by atoms with Crippen molar-refractivity contribution in [2.24, 2.45) is 0 Å². The Hall–Kier alpha value is -2.17. The summed E-state index contributed by atoms with van der Waals surface area (Å²) >= 11 is 0. The summed E-state index contributed by atoms with van der Waals surface area (Å²) in [7, 11) is 1.81. The average Bonchev–Trinajstić information content (AvgIpc) is 3.04. The van der Waals surface area contributed by atoms with E-state index >= 15 is 0 Å². The number of amides is 1. The molecule has 2 aromatic rings. The molecule has 1 saturated carbocycles. The smallest absolute Gasteiger partial charge is 0.292 e. The van der Waals surface area contributed by atoms with Gasteiger partial charge in [0.05, 0.1) is 0 Å². The third-order valence-electron chi connectivity index (χ3n) is 4.28. The van der Waals surface area contributed by atoms with Gasteiger partial charge in [-0.3, -0.25) is 4.79 Å². The van der Waals surface area contributed by atoms with Crippen LogP contribution in [0.1, 0.15) is 42.7 Å². The van der Waals surface area contributed by atoms with Crippen LogP contribution >= 0.6 is 0 Å². The fraction of sp³-hybridized carbons (Fsp3) is 0.412. The summed E-state index contributed by atoms with van der Waals surface area (Å²) in [6, 6.07) is 7.93. The van der Waals surface area contributed by atoms with Crippen molar-refractivity contribution in [2.45, 2.75) is 38.1 Å². The highest BCUT2D eigenvalue weighted by Crippen LogP contribution is 2.24. The molecular formula is C17H19FN2O2. The highest BCUT2D eigenvalue weighted by atomic mass is 19.1. The van der Waals surface area contributed by atoms with E-state index in [2.05, 4.69) is 5.16 Å². The third-order valence-corrected chi connectivity index (χ3v) is 4.28. The number of hydrogen-bond donors (Lipinski definition) is 0. The molecule has 1 heterocycles. The molecule has 0 unspecified atom stereocenters. The molecule has 3 rings (SSSR count). The van der Waals surface area contributed by atoms with Gasteiger partial charge in [0.15, 0.2) is 0 Å². The van der Waals surface area contributed by atoms with Crippen LogP contribution in [-0.4, -0.2) is 29.1 Å². The van der Waals surface area contributed by atoms with E-state index in [1.807, 2.05) is 7.05 Å². The minimum atomic E-state index is -0.340. The number of halogens is 1. The number of nitrogens with zero attached hydrogens (tertiary/aromatic N) is 2. The van der Waals surface area contributed by atoms with Crippen molar-refractivity contribution in [3.8, 4) is 11.3 Å². The van der Waals surface area contributed by atoms with Crippen molar-refractivity contribution in [1.29, 1.82) is 0 Å². The van der Waals surface area contributed by atoms with Crippen molar-refractivity contribution < 1.29 is 13.7 Å². The van der Waals surface area contributed by atoms with E-state index in [4.69, 9.17) is 4.52 Å². The summed E-state index contributed by atoms with van der Waals surface area (Å²) in [5.41, 5.74) is 1.07. The highest BCUT2D eigenvalue weighted by Gasteiger charge is 2.25. The minimum Gasteiger partial charge on any atom is -0.350 e. The van der Waals surface area contributed by atoms with Crippen molar-refractivity contribution >= 4 is 5.91 Å². The van der Waals surface area contributed by atoms with Gasteiger partial charge in [0.25, 0.3) is 5.91 Å². The van der Waals surface area contributed by atoms with Crippen LogP contribution in [0.2, 0.25) is 0 Å². The lowest BCUT2D eigenvalue weighted by molar-refractivity contribution is 0.0654. The molecule has 0 spiro atoms. The SMILES string of the molecule is CN(C(=O)c1cc(-c2cccc(F)c2)no1)C1CCCCC1. The Bertz CT molecular complexity index is 662. The topological polar surface area (TPSA) is 46.3 Å². The van der Waals surface area contributed by atoms with Gasteiger partial charge < -0.3 is 9.42 Å². The zero-order chi connectivity index (χ0) is 15.5. The maximum absolute atomic E-state index is 13.3. The van der Waals surface area contributed by atoms with Crippen LogP contribution in [0.5, 0.6) is 0 Å². The van der Waals surface area contributed by atoms with E-state index in [9.17, 15) is 9.18 Å². The Balaban J connectivity index is 1.76. The van der Waals surface area contributed by atoms with Gasteiger partial charge in [0, 0.05) is 24.7 Å². The summed E-state index contributed by atoms with van der Waals surface area (Å²) < 4.78 is 18.4. The number of benzene rings is 1. The van der Waals surface area contributed by atoms with Crippen LogP contribution in [0.25, 0.3) is 11.3 Å². The number of aromatic nitrogens is 1. The Labute approximate surface area is 128 Å². The predicted molar refractivity (Wildman–Crippen MR) is 80.9 cm³/mol. The summed E-state index contributed by atoms with van der Waals surface area (Å²) in [6.45, 7) is 0. The van der Waals surface area contributed by atoms with Crippen molar-refractivity contribution in [2.75, 3.05) is 7.05 Å². The van der Waals surface area contributed by atoms with Gasteiger partial charge >= 0.3 is 0 Å². The first-order valence-corrected chi connectivity index (χ1v) is 7.65. The second-order valence-electron chi connectivity index (χ2n) is 5.79. The van der Waals surface area contributed by atoms with E-state index in [1.165, 1.54) is 18.6 Å². The van der Waals surface area contributed by atoms with E-state index in [1.54, 1.807) is 23.1 Å². The van der Waals surface area contributed by atoms with Crippen LogP contribution in [0, 0.1) is 5.82 Å². The van der Waals surface area contributed by atoms with Crippen molar-refractivity contribution in [1.82, 2.24) is 10.1 Å². The Kier molecular flexibility index (Phi) is 4.22. The Morgan fingerprint density at radius 2 is 2.05 bits per heavy atom. The molecule has 0 N–H and O–H groups in total. The summed E-state index contributed by atoms with van der Waals surface area (Å²) in [5, 5.41) is 3.89. The van der Waals surface area contributed by atoms with E-state index in [-0.39, 0.29) is 23.5 Å². The molecule has 0 saturated heterocycles. The monoisotopic (exact) mass is 302 g/mol. The third kappa shape index (κ3) is 3.03. The Morgan fingerprint density at radius 1 is 1.27 bits per heavy atom. The standard InChI is InChI=1S/C17H19FN2O2/c1-20(14-8-3-2-4-9-14)17(21)16-11-15(19-22-16)12-6-5-7-13(18)10-12/h5-7,10-11,14H,2-4,8-9H2,1H3.